The minimum Gasteiger partial charge on any atom is -0.380 e. The first-order chi connectivity index (χ1) is 9.28. The minimum absolute atomic E-state index is 0.122. The lowest BCUT2D eigenvalue weighted by Gasteiger charge is -2.24. The van der Waals surface area contributed by atoms with Crippen molar-refractivity contribution in [3.63, 3.8) is 0 Å². The van der Waals surface area contributed by atoms with Gasteiger partial charge in [-0.3, -0.25) is 4.90 Å². The van der Waals surface area contributed by atoms with Crippen LogP contribution in [-0.2, 0) is 9.47 Å². The number of nitrogens with zero attached hydrogens (tertiary/aromatic N) is 2. The van der Waals surface area contributed by atoms with Gasteiger partial charge in [0.25, 0.3) is 0 Å². The Morgan fingerprint density at radius 2 is 1.68 bits per heavy atom. The van der Waals surface area contributed by atoms with Crippen LogP contribution in [0, 0.1) is 11.3 Å². The van der Waals surface area contributed by atoms with Gasteiger partial charge in [-0.2, -0.15) is 5.26 Å². The van der Waals surface area contributed by atoms with Crippen LogP contribution in [0.15, 0.2) is 0 Å². The molecule has 112 valence electrons. The fraction of sp³-hybridized carbons (Fsp3) is 0.929. The third kappa shape index (κ3) is 10.9. The Balaban J connectivity index is 4.08. The van der Waals surface area contributed by atoms with E-state index in [1.807, 2.05) is 13.8 Å². The van der Waals surface area contributed by atoms with E-state index in [0.29, 0.717) is 13.2 Å². The summed E-state index contributed by atoms with van der Waals surface area (Å²) in [7, 11) is 0. The molecule has 0 aromatic rings. The Hall–Kier alpha value is -0.670. The van der Waals surface area contributed by atoms with Crippen LogP contribution in [0.4, 0.5) is 0 Å². The monoisotopic (exact) mass is 271 g/mol. The third-order valence-corrected chi connectivity index (χ3v) is 2.75. The van der Waals surface area contributed by atoms with E-state index in [-0.39, 0.29) is 6.04 Å². The minimum atomic E-state index is -0.122. The first-order valence-electron chi connectivity index (χ1n) is 7.29. The van der Waals surface area contributed by atoms with E-state index < -0.39 is 0 Å². The van der Waals surface area contributed by atoms with Crippen LogP contribution in [0.1, 0.15) is 27.2 Å². The van der Waals surface area contributed by atoms with Crippen molar-refractivity contribution in [3.8, 4) is 6.07 Å². The lowest BCUT2D eigenvalue weighted by Crippen LogP contribution is -2.43. The van der Waals surface area contributed by atoms with E-state index in [9.17, 15) is 0 Å². The van der Waals surface area contributed by atoms with Gasteiger partial charge in [0.2, 0.25) is 0 Å². The summed E-state index contributed by atoms with van der Waals surface area (Å²) in [6.45, 7) is 12.2. The van der Waals surface area contributed by atoms with Gasteiger partial charge in [-0.05, 0) is 26.8 Å². The largest absolute Gasteiger partial charge is 0.380 e. The Bertz CT molecular complexity index is 221. The molecule has 0 fully saturated rings. The molecular formula is C14H29N3O2. The second-order valence-electron chi connectivity index (χ2n) is 4.33. The average Bonchev–Trinajstić information content (AvgIpc) is 2.43. The van der Waals surface area contributed by atoms with Gasteiger partial charge in [-0.1, -0.05) is 6.92 Å². The van der Waals surface area contributed by atoms with E-state index in [0.717, 1.165) is 45.8 Å². The topological polar surface area (TPSA) is 57.5 Å². The predicted octanol–water partition coefficient (Wildman–Crippen LogP) is 1.25. The zero-order chi connectivity index (χ0) is 14.3. The van der Waals surface area contributed by atoms with Gasteiger partial charge in [-0.25, -0.2) is 0 Å². The van der Waals surface area contributed by atoms with E-state index in [1.54, 1.807) is 0 Å². The predicted molar refractivity (Wildman–Crippen MR) is 77.1 cm³/mol. The van der Waals surface area contributed by atoms with E-state index >= 15 is 0 Å². The number of ether oxygens (including phenoxy) is 2. The Morgan fingerprint density at radius 1 is 1.11 bits per heavy atom. The van der Waals surface area contributed by atoms with Crippen molar-refractivity contribution in [1.29, 1.82) is 5.26 Å². The highest BCUT2D eigenvalue weighted by atomic mass is 16.5. The molecule has 0 saturated carbocycles. The van der Waals surface area contributed by atoms with Gasteiger partial charge in [0.05, 0.1) is 19.3 Å². The highest BCUT2D eigenvalue weighted by molar-refractivity contribution is 4.92. The molecule has 0 bridgehead atoms. The standard InChI is InChI=1S/C14H29N3O2/c1-4-7-16-14(12-15)13-17(8-10-18-5-2)9-11-19-6-3/h14,16H,4-11,13H2,1-3H3. The molecule has 0 heterocycles. The van der Waals surface area contributed by atoms with Crippen LogP contribution in [0.2, 0.25) is 0 Å². The normalized spacial score (nSPS) is 12.6. The molecule has 0 spiro atoms. The molecule has 19 heavy (non-hydrogen) atoms. The molecule has 5 heteroatoms. The number of nitrogens with one attached hydrogen (secondary N) is 1. The SMILES string of the molecule is CCCNC(C#N)CN(CCOCC)CCOCC. The first-order valence-corrected chi connectivity index (χ1v) is 7.29. The molecule has 0 aromatic carbocycles. The molecule has 1 unspecified atom stereocenters. The Morgan fingerprint density at radius 3 is 2.11 bits per heavy atom. The molecular weight excluding hydrogens is 242 g/mol. The lowest BCUT2D eigenvalue weighted by atomic mass is 10.2. The fourth-order valence-corrected chi connectivity index (χ4v) is 1.70. The summed E-state index contributed by atoms with van der Waals surface area (Å²) in [6, 6.07) is 2.19. The molecule has 0 aliphatic carbocycles. The Labute approximate surface area is 117 Å². The summed E-state index contributed by atoms with van der Waals surface area (Å²) in [6.07, 6.45) is 1.04. The molecule has 5 nitrogen and oxygen atoms in total. The molecule has 0 radical (unpaired) electrons. The molecule has 0 amide bonds. The Kier molecular flexibility index (Phi) is 13.3. The molecule has 0 saturated heterocycles. The van der Waals surface area contributed by atoms with E-state index in [1.165, 1.54) is 0 Å². The first kappa shape index (κ1) is 18.3. The van der Waals surface area contributed by atoms with Gasteiger partial charge in [0.15, 0.2) is 0 Å². The maximum Gasteiger partial charge on any atom is 0.108 e. The maximum absolute atomic E-state index is 9.14. The highest BCUT2D eigenvalue weighted by Crippen LogP contribution is 1.94. The summed E-state index contributed by atoms with van der Waals surface area (Å²) >= 11 is 0. The number of hydrogen-bond donors (Lipinski definition) is 1. The molecule has 0 aromatic heterocycles. The van der Waals surface area contributed by atoms with E-state index in [2.05, 4.69) is 23.2 Å². The number of hydrogen-bond acceptors (Lipinski definition) is 5. The van der Waals surface area contributed by atoms with Gasteiger partial charge in [-0.15, -0.1) is 0 Å². The smallest absolute Gasteiger partial charge is 0.108 e. The summed E-state index contributed by atoms with van der Waals surface area (Å²) in [4.78, 5) is 2.22. The zero-order valence-electron chi connectivity index (χ0n) is 12.7. The second-order valence-corrected chi connectivity index (χ2v) is 4.33. The van der Waals surface area contributed by atoms with Gasteiger partial charge < -0.3 is 14.8 Å². The van der Waals surface area contributed by atoms with Crippen molar-refractivity contribution >= 4 is 0 Å². The molecule has 0 aliphatic rings. The summed E-state index contributed by atoms with van der Waals surface area (Å²) in [5.41, 5.74) is 0. The van der Waals surface area contributed by atoms with Crippen molar-refractivity contribution in [3.05, 3.63) is 0 Å². The van der Waals surface area contributed by atoms with Crippen LogP contribution >= 0.6 is 0 Å². The van der Waals surface area contributed by atoms with Crippen molar-refractivity contribution in [2.75, 3.05) is 52.6 Å². The third-order valence-electron chi connectivity index (χ3n) is 2.75. The van der Waals surface area contributed by atoms with Crippen molar-refractivity contribution in [2.24, 2.45) is 0 Å². The lowest BCUT2D eigenvalue weighted by molar-refractivity contribution is 0.0808. The van der Waals surface area contributed by atoms with Crippen molar-refractivity contribution in [2.45, 2.75) is 33.2 Å². The van der Waals surface area contributed by atoms with Crippen LogP contribution in [0.3, 0.4) is 0 Å². The van der Waals surface area contributed by atoms with Crippen molar-refractivity contribution < 1.29 is 9.47 Å². The zero-order valence-corrected chi connectivity index (χ0v) is 12.7. The highest BCUT2D eigenvalue weighted by Gasteiger charge is 2.12. The number of rotatable bonds is 13. The van der Waals surface area contributed by atoms with Gasteiger partial charge in [0.1, 0.15) is 6.04 Å². The average molecular weight is 271 g/mol. The molecule has 0 rings (SSSR count). The summed E-state index contributed by atoms with van der Waals surface area (Å²) in [5.74, 6) is 0. The van der Waals surface area contributed by atoms with Crippen LogP contribution in [-0.4, -0.2) is 63.5 Å². The molecule has 1 N–H and O–H groups in total. The van der Waals surface area contributed by atoms with Crippen LogP contribution in [0.5, 0.6) is 0 Å². The van der Waals surface area contributed by atoms with Gasteiger partial charge in [0, 0.05) is 32.8 Å². The van der Waals surface area contributed by atoms with Crippen LogP contribution < -0.4 is 5.32 Å². The van der Waals surface area contributed by atoms with E-state index in [4.69, 9.17) is 14.7 Å². The summed E-state index contributed by atoms with van der Waals surface area (Å²) < 4.78 is 10.8. The molecule has 0 aliphatic heterocycles. The molecule has 1 atom stereocenters. The van der Waals surface area contributed by atoms with Crippen LogP contribution in [0.25, 0.3) is 0 Å². The van der Waals surface area contributed by atoms with Crippen molar-refractivity contribution in [1.82, 2.24) is 10.2 Å². The number of nitriles is 1. The maximum atomic E-state index is 9.14. The van der Waals surface area contributed by atoms with Gasteiger partial charge >= 0.3 is 0 Å². The fourth-order valence-electron chi connectivity index (χ4n) is 1.70. The second kappa shape index (κ2) is 13.8. The quantitative estimate of drug-likeness (QED) is 0.511. The summed E-state index contributed by atoms with van der Waals surface area (Å²) in [5, 5.41) is 12.4.